The van der Waals surface area contributed by atoms with Gasteiger partial charge in [-0.05, 0) is 49.9 Å². The molecule has 1 N–H and O–H groups in total. The molecule has 226 valence electrons. The normalized spacial score (nSPS) is 23.7. The fourth-order valence-electron chi connectivity index (χ4n) is 6.72. The molecule has 2 bridgehead atoms. The molecule has 43 heavy (non-hydrogen) atoms. The van der Waals surface area contributed by atoms with E-state index in [-0.39, 0.29) is 60.9 Å². The van der Waals surface area contributed by atoms with Crippen LogP contribution < -0.4 is 9.64 Å². The lowest BCUT2D eigenvalue weighted by Crippen LogP contribution is -2.51. The van der Waals surface area contributed by atoms with Crippen molar-refractivity contribution in [1.82, 2.24) is 5.16 Å². The van der Waals surface area contributed by atoms with Crippen LogP contribution in [0.25, 0.3) is 21.3 Å². The van der Waals surface area contributed by atoms with Crippen LogP contribution in [0.4, 0.5) is 23.2 Å². The van der Waals surface area contributed by atoms with E-state index in [9.17, 15) is 23.1 Å². The highest BCUT2D eigenvalue weighted by Crippen LogP contribution is 2.48. The van der Waals surface area contributed by atoms with E-state index in [1.807, 2.05) is 18.2 Å². The van der Waals surface area contributed by atoms with Crippen molar-refractivity contribution in [2.75, 3.05) is 11.5 Å². The number of rotatable bonds is 9. The topological polar surface area (TPSA) is 85.0 Å². The number of carboxylic acid groups (broad SMARTS) is 1. The van der Waals surface area contributed by atoms with E-state index >= 15 is 4.39 Å². The second-order valence-corrected chi connectivity index (χ2v) is 12.6. The number of hydrogen-bond donors (Lipinski definition) is 1. The van der Waals surface area contributed by atoms with Crippen molar-refractivity contribution in [1.29, 1.82) is 0 Å². The number of fused-ring (bicyclic) bond motifs is 3. The molecule has 12 heteroatoms. The van der Waals surface area contributed by atoms with Gasteiger partial charge in [0.1, 0.15) is 22.9 Å². The first-order chi connectivity index (χ1) is 20.6. The Morgan fingerprint density at radius 1 is 1.12 bits per heavy atom. The predicted molar refractivity (Wildman–Crippen MR) is 151 cm³/mol. The summed E-state index contributed by atoms with van der Waals surface area (Å²) >= 11 is 1.39. The Hall–Kier alpha value is -3.64. The molecule has 2 aromatic heterocycles. The van der Waals surface area contributed by atoms with Crippen molar-refractivity contribution in [3.8, 4) is 17.0 Å². The summed E-state index contributed by atoms with van der Waals surface area (Å²) < 4.78 is 72.2. The van der Waals surface area contributed by atoms with Gasteiger partial charge in [-0.2, -0.15) is 0 Å². The van der Waals surface area contributed by atoms with Gasteiger partial charge in [0.15, 0.2) is 0 Å². The zero-order valence-electron chi connectivity index (χ0n) is 22.9. The zero-order valence-corrected chi connectivity index (χ0v) is 23.7. The molecule has 4 heterocycles. The third-order valence-electron chi connectivity index (χ3n) is 8.65. The minimum Gasteiger partial charge on any atom is -0.478 e. The quantitative estimate of drug-likeness (QED) is 0.190. The molecule has 3 fully saturated rings. The molecule has 3 aliphatic rings. The molecule has 4 aromatic rings. The number of aromatic carboxylic acids is 1. The number of anilines is 1. The minimum atomic E-state index is -4.87. The molecule has 0 spiro atoms. The van der Waals surface area contributed by atoms with E-state index < -0.39 is 23.7 Å². The number of piperidine rings is 1. The highest BCUT2D eigenvalue weighted by molar-refractivity contribution is 7.17. The number of nitrogens with zero attached hydrogens (tertiary/aromatic N) is 2. The van der Waals surface area contributed by atoms with E-state index in [1.54, 1.807) is 11.4 Å². The zero-order chi connectivity index (χ0) is 29.9. The fraction of sp³-hybridized carbons (Fsp3) is 0.419. The lowest BCUT2D eigenvalue weighted by Gasteiger charge is -2.43. The smallest absolute Gasteiger partial charge is 0.478 e. The van der Waals surface area contributed by atoms with Crippen molar-refractivity contribution >= 4 is 33.1 Å². The van der Waals surface area contributed by atoms with Crippen LogP contribution in [-0.2, 0) is 11.3 Å². The van der Waals surface area contributed by atoms with Crippen LogP contribution in [0.1, 0.15) is 66.1 Å². The van der Waals surface area contributed by atoms with Crippen LogP contribution in [-0.4, -0.2) is 47.0 Å². The summed E-state index contributed by atoms with van der Waals surface area (Å²) in [6, 6.07) is 11.4. The number of halogens is 4. The molecule has 0 radical (unpaired) electrons. The molecule has 1 aliphatic carbocycles. The summed E-state index contributed by atoms with van der Waals surface area (Å²) in [5.74, 6) is -0.672. The second kappa shape index (κ2) is 10.5. The first-order valence-electron chi connectivity index (χ1n) is 14.2. The van der Waals surface area contributed by atoms with Gasteiger partial charge >= 0.3 is 12.3 Å². The second-order valence-electron chi connectivity index (χ2n) is 11.7. The van der Waals surface area contributed by atoms with Gasteiger partial charge in [-0.3, -0.25) is 0 Å². The molecule has 0 amide bonds. The summed E-state index contributed by atoms with van der Waals surface area (Å²) in [4.78, 5) is 13.8. The summed E-state index contributed by atoms with van der Waals surface area (Å²) in [6.45, 7) is -0.202. The lowest BCUT2D eigenvalue weighted by molar-refractivity contribution is -0.274. The lowest BCUT2D eigenvalue weighted by atomic mass is 9.88. The van der Waals surface area contributed by atoms with Gasteiger partial charge in [0.05, 0.1) is 18.8 Å². The van der Waals surface area contributed by atoms with Crippen LogP contribution >= 0.6 is 11.3 Å². The summed E-state index contributed by atoms with van der Waals surface area (Å²) in [6.07, 6.45) is -0.872. The molecule has 2 atom stereocenters. The standard InChI is InChI=1S/C31H28F4N2O5S/c32-30(12-19-7-8-20(13-30)37(19)18-9-10-21-24(29(38)39)15-43-26(21)11-18)16-40-14-23-27(36-42-28(23)17-5-6-17)22-3-1-2-4-25(22)41-31(33,34)35/h1-4,9-11,15,17,19-20H,5-8,12-14,16H2,(H,38,39). The number of para-hydroxylation sites is 1. The van der Waals surface area contributed by atoms with Crippen LogP contribution in [0.2, 0.25) is 0 Å². The largest absolute Gasteiger partial charge is 0.573 e. The Labute approximate surface area is 248 Å². The predicted octanol–water partition coefficient (Wildman–Crippen LogP) is 8.09. The van der Waals surface area contributed by atoms with Crippen molar-refractivity contribution in [3.05, 3.63) is 64.7 Å². The van der Waals surface area contributed by atoms with Crippen LogP contribution in [0.5, 0.6) is 5.75 Å². The summed E-state index contributed by atoms with van der Waals surface area (Å²) in [7, 11) is 0. The number of aromatic nitrogens is 1. The first-order valence-corrected chi connectivity index (χ1v) is 15.1. The number of alkyl halides is 4. The van der Waals surface area contributed by atoms with Gasteiger partial charge in [0, 0.05) is 63.1 Å². The fourth-order valence-corrected chi connectivity index (χ4v) is 7.69. The summed E-state index contributed by atoms with van der Waals surface area (Å²) in [5.41, 5.74) is 0.540. The van der Waals surface area contributed by atoms with Crippen LogP contribution in [0, 0.1) is 0 Å². The Morgan fingerprint density at radius 3 is 2.56 bits per heavy atom. The Bertz CT molecular complexity index is 1670. The number of carbonyl (C=O) groups is 1. The number of benzene rings is 2. The Kier molecular flexibility index (Phi) is 6.88. The van der Waals surface area contributed by atoms with Crippen LogP contribution in [0.3, 0.4) is 0 Å². The van der Waals surface area contributed by atoms with Gasteiger partial charge in [-0.15, -0.1) is 24.5 Å². The third-order valence-corrected chi connectivity index (χ3v) is 9.60. The maximum Gasteiger partial charge on any atom is 0.573 e. The van der Waals surface area contributed by atoms with Crippen molar-refractivity contribution < 1.29 is 41.5 Å². The first kappa shape index (κ1) is 28.1. The molecule has 2 aliphatic heterocycles. The highest BCUT2D eigenvalue weighted by atomic mass is 32.1. The molecule has 7 nitrogen and oxygen atoms in total. The van der Waals surface area contributed by atoms with Gasteiger partial charge in [0.25, 0.3) is 0 Å². The number of hydrogen-bond acceptors (Lipinski definition) is 7. The van der Waals surface area contributed by atoms with Crippen molar-refractivity contribution in [3.63, 3.8) is 0 Å². The van der Waals surface area contributed by atoms with Crippen LogP contribution in [0.15, 0.2) is 52.4 Å². The molecular weight excluding hydrogens is 588 g/mol. The van der Waals surface area contributed by atoms with E-state index in [1.165, 1.54) is 29.5 Å². The average Bonchev–Trinajstić information content (AvgIpc) is 3.45. The highest BCUT2D eigenvalue weighted by Gasteiger charge is 2.49. The molecule has 7 rings (SSSR count). The Morgan fingerprint density at radius 2 is 1.86 bits per heavy atom. The van der Waals surface area contributed by atoms with Crippen molar-refractivity contribution in [2.45, 2.75) is 75.2 Å². The molecular formula is C31H28F4N2O5S. The van der Waals surface area contributed by atoms with Gasteiger partial charge in [-0.25, -0.2) is 9.18 Å². The van der Waals surface area contributed by atoms with E-state index in [0.29, 0.717) is 16.7 Å². The monoisotopic (exact) mass is 616 g/mol. The maximum absolute atomic E-state index is 16.3. The molecule has 1 saturated carbocycles. The van der Waals surface area contributed by atoms with Gasteiger partial charge in [-0.1, -0.05) is 23.4 Å². The Balaban J connectivity index is 1.07. The average molecular weight is 617 g/mol. The van der Waals surface area contributed by atoms with E-state index in [0.717, 1.165) is 36.1 Å². The van der Waals surface area contributed by atoms with Gasteiger partial charge in [0.2, 0.25) is 0 Å². The van der Waals surface area contributed by atoms with E-state index in [2.05, 4.69) is 14.8 Å². The minimum absolute atomic E-state index is 0.0247. The maximum atomic E-state index is 16.3. The molecule has 2 saturated heterocycles. The number of ether oxygens (including phenoxy) is 2. The van der Waals surface area contributed by atoms with Gasteiger partial charge < -0.3 is 24.0 Å². The SMILES string of the molecule is O=C(O)c1csc2cc(N3C4CCC3CC(F)(COCc3c(-c5ccccc5OC(F)(F)F)noc3C3CC3)C4)ccc12. The van der Waals surface area contributed by atoms with Crippen molar-refractivity contribution in [2.24, 2.45) is 0 Å². The van der Waals surface area contributed by atoms with E-state index in [4.69, 9.17) is 9.26 Å². The number of carboxylic acids is 1. The third kappa shape index (κ3) is 5.46. The summed E-state index contributed by atoms with van der Waals surface area (Å²) in [5, 5.41) is 15.9. The molecule has 2 unspecified atom stereocenters. The number of thiophene rings is 1. The molecule has 2 aromatic carbocycles.